The molecule has 0 bridgehead atoms. The molecular weight excluding hydrogens is 343 g/mol. The van der Waals surface area contributed by atoms with Crippen molar-refractivity contribution in [2.24, 2.45) is 0 Å². The maximum absolute atomic E-state index is 13.8. The summed E-state index contributed by atoms with van der Waals surface area (Å²) in [5, 5.41) is 0. The molecule has 1 unspecified atom stereocenters. The van der Waals surface area contributed by atoms with Crippen LogP contribution in [0.2, 0.25) is 0 Å². The largest absolute Gasteiger partial charge is 0.336 e. The predicted octanol–water partition coefficient (Wildman–Crippen LogP) is 3.29. The highest BCUT2D eigenvalue weighted by Gasteiger charge is 2.39. The second-order valence-electron chi connectivity index (χ2n) is 6.62. The van der Waals surface area contributed by atoms with Crippen LogP contribution in [0.15, 0.2) is 42.6 Å². The molecule has 0 radical (unpaired) electrons. The Hall–Kier alpha value is -2.90. The Labute approximate surface area is 148 Å². The lowest BCUT2D eigenvalue weighted by Gasteiger charge is -2.41. The van der Waals surface area contributed by atoms with E-state index in [0.29, 0.717) is 6.67 Å². The average molecular weight is 359 g/mol. The normalized spacial score (nSPS) is 21.3. The third-order valence-electron chi connectivity index (χ3n) is 5.06. The molecule has 4 heterocycles. The summed E-state index contributed by atoms with van der Waals surface area (Å²) in [5.41, 5.74) is 1.41. The molecule has 1 saturated heterocycles. The summed E-state index contributed by atoms with van der Waals surface area (Å²) in [4.78, 5) is 10.3. The first-order valence-corrected chi connectivity index (χ1v) is 8.47. The zero-order chi connectivity index (χ0) is 17.8. The van der Waals surface area contributed by atoms with Crippen LogP contribution in [0, 0.1) is 17.5 Å². The van der Waals surface area contributed by atoms with Crippen LogP contribution < -0.4 is 4.90 Å². The molecule has 3 aliphatic rings. The van der Waals surface area contributed by atoms with Gasteiger partial charge in [0.25, 0.3) is 0 Å². The van der Waals surface area contributed by atoms with Crippen molar-refractivity contribution in [1.82, 2.24) is 19.4 Å². The summed E-state index contributed by atoms with van der Waals surface area (Å²) in [6.07, 6.45) is 11.1. The number of hydrogen-bond donors (Lipinski definition) is 0. The van der Waals surface area contributed by atoms with Crippen LogP contribution in [0.25, 0.3) is 6.08 Å². The molecule has 8 heteroatoms. The SMILES string of the molecule is Fc1cc(N2C=C3CCCN3C2N2C=Cc3nccn3C2)cc(F)c1F. The van der Waals surface area contributed by atoms with E-state index < -0.39 is 17.5 Å². The highest BCUT2D eigenvalue weighted by atomic mass is 19.2. The van der Waals surface area contributed by atoms with Crippen molar-refractivity contribution < 1.29 is 13.2 Å². The van der Waals surface area contributed by atoms with Gasteiger partial charge >= 0.3 is 0 Å². The van der Waals surface area contributed by atoms with Gasteiger partial charge in [-0.2, -0.15) is 0 Å². The van der Waals surface area contributed by atoms with Crippen molar-refractivity contribution in [2.45, 2.75) is 25.8 Å². The minimum atomic E-state index is -1.45. The van der Waals surface area contributed by atoms with Gasteiger partial charge in [-0.25, -0.2) is 18.2 Å². The van der Waals surface area contributed by atoms with Crippen LogP contribution in [-0.2, 0) is 6.67 Å². The van der Waals surface area contributed by atoms with Crippen LogP contribution in [0.3, 0.4) is 0 Å². The zero-order valence-electron chi connectivity index (χ0n) is 13.8. The Morgan fingerprint density at radius 2 is 1.92 bits per heavy atom. The predicted molar refractivity (Wildman–Crippen MR) is 89.7 cm³/mol. The van der Waals surface area contributed by atoms with E-state index in [2.05, 4.69) is 14.8 Å². The molecule has 1 aromatic heterocycles. The van der Waals surface area contributed by atoms with Crippen molar-refractivity contribution in [2.75, 3.05) is 11.4 Å². The summed E-state index contributed by atoms with van der Waals surface area (Å²) >= 11 is 0. The van der Waals surface area contributed by atoms with Crippen LogP contribution >= 0.6 is 0 Å². The van der Waals surface area contributed by atoms with Gasteiger partial charge in [0, 0.05) is 49.2 Å². The first kappa shape index (κ1) is 15.4. The first-order valence-electron chi connectivity index (χ1n) is 8.47. The maximum atomic E-state index is 13.8. The molecule has 3 aliphatic heterocycles. The molecular formula is C18H16F3N5. The molecule has 0 N–H and O–H groups in total. The lowest BCUT2D eigenvalue weighted by Crippen LogP contribution is -2.51. The van der Waals surface area contributed by atoms with E-state index in [9.17, 15) is 13.2 Å². The van der Waals surface area contributed by atoms with Crippen LogP contribution in [-0.4, -0.2) is 32.2 Å². The van der Waals surface area contributed by atoms with Gasteiger partial charge in [-0.05, 0) is 18.9 Å². The third kappa shape index (κ3) is 2.21. The quantitative estimate of drug-likeness (QED) is 0.769. The maximum Gasteiger partial charge on any atom is 0.194 e. The monoisotopic (exact) mass is 359 g/mol. The highest BCUT2D eigenvalue weighted by molar-refractivity contribution is 5.54. The smallest absolute Gasteiger partial charge is 0.194 e. The molecule has 5 rings (SSSR count). The van der Waals surface area contributed by atoms with Crippen molar-refractivity contribution in [3.63, 3.8) is 0 Å². The number of benzene rings is 1. The second-order valence-corrected chi connectivity index (χ2v) is 6.62. The fraction of sp³-hybridized carbons (Fsp3) is 0.278. The Morgan fingerprint density at radius 1 is 1.12 bits per heavy atom. The molecule has 1 fully saturated rings. The number of anilines is 1. The van der Waals surface area contributed by atoms with E-state index in [-0.39, 0.29) is 12.0 Å². The molecule has 2 aromatic rings. The minimum absolute atomic E-state index is 0.261. The van der Waals surface area contributed by atoms with E-state index in [0.717, 1.165) is 43.0 Å². The molecule has 0 saturated carbocycles. The highest BCUT2D eigenvalue weighted by Crippen LogP contribution is 2.38. The van der Waals surface area contributed by atoms with Crippen LogP contribution in [0.4, 0.5) is 18.9 Å². The van der Waals surface area contributed by atoms with E-state index in [1.54, 1.807) is 11.1 Å². The molecule has 1 aromatic carbocycles. The van der Waals surface area contributed by atoms with Gasteiger partial charge in [0.2, 0.25) is 0 Å². The number of aromatic nitrogens is 2. The molecule has 26 heavy (non-hydrogen) atoms. The number of halogens is 3. The second kappa shape index (κ2) is 5.55. The lowest BCUT2D eigenvalue weighted by atomic mass is 10.2. The van der Waals surface area contributed by atoms with Gasteiger partial charge in [0.15, 0.2) is 23.7 Å². The fourth-order valence-corrected chi connectivity index (χ4v) is 3.87. The van der Waals surface area contributed by atoms with Crippen molar-refractivity contribution in [1.29, 1.82) is 0 Å². The van der Waals surface area contributed by atoms with Crippen molar-refractivity contribution in [3.8, 4) is 0 Å². The van der Waals surface area contributed by atoms with Gasteiger partial charge in [-0.3, -0.25) is 0 Å². The van der Waals surface area contributed by atoms with Crippen molar-refractivity contribution >= 4 is 11.8 Å². The van der Waals surface area contributed by atoms with Gasteiger partial charge in [-0.15, -0.1) is 0 Å². The van der Waals surface area contributed by atoms with E-state index in [1.165, 1.54) is 0 Å². The summed E-state index contributed by atoms with van der Waals surface area (Å²) in [6, 6.07) is 2.09. The van der Waals surface area contributed by atoms with Gasteiger partial charge in [0.1, 0.15) is 5.82 Å². The average Bonchev–Trinajstić information content (AvgIpc) is 3.33. The zero-order valence-corrected chi connectivity index (χ0v) is 13.8. The number of fused-ring (bicyclic) bond motifs is 2. The Balaban J connectivity index is 1.54. The molecule has 0 amide bonds. The Kier molecular flexibility index (Phi) is 3.28. The Morgan fingerprint density at radius 3 is 2.73 bits per heavy atom. The number of nitrogens with zero attached hydrogens (tertiary/aromatic N) is 5. The minimum Gasteiger partial charge on any atom is -0.336 e. The number of imidazole rings is 1. The van der Waals surface area contributed by atoms with E-state index >= 15 is 0 Å². The summed E-state index contributed by atoms with van der Waals surface area (Å²) in [6.45, 7) is 1.43. The standard InChI is InChI=1S/C18H16F3N5/c19-14-8-13(9-15(20)17(14)21)26-10-12-2-1-5-25(12)18(26)24-6-3-16-22-4-7-23(16)11-24/h3-4,6-10,18H,1-2,5,11H2. The van der Waals surface area contributed by atoms with Gasteiger partial charge in [-0.1, -0.05) is 0 Å². The molecule has 1 atom stereocenters. The van der Waals surface area contributed by atoms with Gasteiger partial charge in [0.05, 0.1) is 12.4 Å². The first-order chi connectivity index (χ1) is 12.6. The van der Waals surface area contributed by atoms with Crippen molar-refractivity contribution in [3.05, 3.63) is 65.9 Å². The third-order valence-corrected chi connectivity index (χ3v) is 5.06. The summed E-state index contributed by atoms with van der Waals surface area (Å²) in [5.74, 6) is -2.96. The number of rotatable bonds is 2. The van der Waals surface area contributed by atoms with Crippen LogP contribution in [0.1, 0.15) is 18.7 Å². The topological polar surface area (TPSA) is 27.5 Å². The summed E-state index contributed by atoms with van der Waals surface area (Å²) in [7, 11) is 0. The Bertz CT molecular complexity index is 912. The van der Waals surface area contributed by atoms with E-state index in [1.807, 2.05) is 29.2 Å². The fourth-order valence-electron chi connectivity index (χ4n) is 3.87. The molecule has 0 aliphatic carbocycles. The molecule has 0 spiro atoms. The van der Waals surface area contributed by atoms with Crippen LogP contribution in [0.5, 0.6) is 0 Å². The summed E-state index contributed by atoms with van der Waals surface area (Å²) < 4.78 is 43.0. The lowest BCUT2D eigenvalue weighted by molar-refractivity contribution is 0.110. The van der Waals surface area contributed by atoms with Gasteiger partial charge < -0.3 is 19.3 Å². The number of allylic oxidation sites excluding steroid dienone is 1. The van der Waals surface area contributed by atoms with E-state index in [4.69, 9.17) is 0 Å². The molecule has 134 valence electrons. The number of hydrogen-bond acceptors (Lipinski definition) is 4. The molecule has 5 nitrogen and oxygen atoms in total.